The van der Waals surface area contributed by atoms with Gasteiger partial charge in [-0.1, -0.05) is 71.9 Å². The van der Waals surface area contributed by atoms with Crippen molar-refractivity contribution in [3.05, 3.63) is 89.0 Å². The molecule has 0 fully saturated rings. The van der Waals surface area contributed by atoms with Crippen LogP contribution in [0.5, 0.6) is 5.75 Å². The van der Waals surface area contributed by atoms with Crippen molar-refractivity contribution in [3.8, 4) is 5.75 Å². The van der Waals surface area contributed by atoms with Crippen LogP contribution in [-0.4, -0.2) is 29.5 Å². The Morgan fingerprint density at radius 3 is 2.21 bits per heavy atom. The number of aromatic carboxylic acids is 1. The zero-order valence-corrected chi connectivity index (χ0v) is 23.6. The molecule has 7 heteroatoms. The number of benzene rings is 3. The summed E-state index contributed by atoms with van der Waals surface area (Å²) in [5.74, 6) is -0.944. The van der Waals surface area contributed by atoms with Crippen LogP contribution >= 0.6 is 0 Å². The summed E-state index contributed by atoms with van der Waals surface area (Å²) in [6.45, 7) is 13.4. The molecule has 0 unspecified atom stereocenters. The average molecular weight is 531 g/mol. The van der Waals surface area contributed by atoms with Crippen molar-refractivity contribution in [3.63, 3.8) is 0 Å². The topological polar surface area (TPSA) is 105 Å². The summed E-state index contributed by atoms with van der Waals surface area (Å²) in [4.78, 5) is 36.8. The van der Waals surface area contributed by atoms with Gasteiger partial charge in [-0.25, -0.2) is 4.79 Å². The van der Waals surface area contributed by atoms with Gasteiger partial charge in [0, 0.05) is 12.1 Å². The Hall–Kier alpha value is -4.13. The Labute approximate surface area is 230 Å². The van der Waals surface area contributed by atoms with Crippen LogP contribution < -0.4 is 15.4 Å². The fraction of sp³-hybridized carbons (Fsp3) is 0.344. The zero-order valence-electron chi connectivity index (χ0n) is 23.6. The molecule has 0 saturated heterocycles. The van der Waals surface area contributed by atoms with Gasteiger partial charge in [0.1, 0.15) is 5.75 Å². The zero-order chi connectivity index (χ0) is 28.8. The minimum absolute atomic E-state index is 0.0340. The predicted molar refractivity (Wildman–Crippen MR) is 155 cm³/mol. The Balaban J connectivity index is 1.60. The van der Waals surface area contributed by atoms with E-state index < -0.39 is 11.9 Å². The first kappa shape index (κ1) is 29.4. The fourth-order valence-corrected chi connectivity index (χ4v) is 4.05. The number of para-hydroxylation sites is 1. The van der Waals surface area contributed by atoms with Crippen molar-refractivity contribution in [1.82, 2.24) is 0 Å². The molecule has 0 atom stereocenters. The van der Waals surface area contributed by atoms with E-state index in [4.69, 9.17) is 4.74 Å². The highest BCUT2D eigenvalue weighted by Crippen LogP contribution is 2.35. The molecule has 3 aromatic carbocycles. The number of ether oxygens (including phenoxy) is 1. The summed E-state index contributed by atoms with van der Waals surface area (Å²) in [6, 6.07) is 19.0. The Morgan fingerprint density at radius 1 is 0.821 bits per heavy atom. The molecule has 3 N–H and O–H groups in total. The molecular formula is C32H38N2O5. The van der Waals surface area contributed by atoms with E-state index in [2.05, 4.69) is 64.3 Å². The Morgan fingerprint density at radius 2 is 1.54 bits per heavy atom. The van der Waals surface area contributed by atoms with Crippen LogP contribution in [0.25, 0.3) is 0 Å². The van der Waals surface area contributed by atoms with Crippen LogP contribution in [0.15, 0.2) is 66.7 Å². The first-order valence-electron chi connectivity index (χ1n) is 13.1. The molecular weight excluding hydrogens is 492 g/mol. The molecule has 206 valence electrons. The van der Waals surface area contributed by atoms with Crippen molar-refractivity contribution in [2.45, 2.75) is 65.2 Å². The average Bonchev–Trinajstić information content (AvgIpc) is 2.86. The van der Waals surface area contributed by atoms with Gasteiger partial charge in [0.25, 0.3) is 5.91 Å². The number of amides is 2. The molecule has 0 radical (unpaired) electrons. The first-order chi connectivity index (χ1) is 18.3. The molecule has 0 heterocycles. The summed E-state index contributed by atoms with van der Waals surface area (Å²) in [5, 5.41) is 14.7. The van der Waals surface area contributed by atoms with Gasteiger partial charge < -0.3 is 20.5 Å². The van der Waals surface area contributed by atoms with Crippen molar-refractivity contribution < 1.29 is 24.2 Å². The van der Waals surface area contributed by atoms with Gasteiger partial charge in [0.15, 0.2) is 0 Å². The lowest BCUT2D eigenvalue weighted by molar-refractivity contribution is -0.116. The van der Waals surface area contributed by atoms with Gasteiger partial charge in [0.2, 0.25) is 5.91 Å². The van der Waals surface area contributed by atoms with E-state index in [0.717, 1.165) is 11.3 Å². The molecule has 0 bridgehead atoms. The molecule has 39 heavy (non-hydrogen) atoms. The molecule has 0 aliphatic carbocycles. The number of hydrogen-bond donors (Lipinski definition) is 3. The highest BCUT2D eigenvalue weighted by molar-refractivity contribution is 6.10. The fourth-order valence-electron chi connectivity index (χ4n) is 4.05. The highest BCUT2D eigenvalue weighted by Gasteiger charge is 2.23. The highest BCUT2D eigenvalue weighted by atomic mass is 16.5. The Bertz CT molecular complexity index is 1350. The van der Waals surface area contributed by atoms with Gasteiger partial charge in [-0.15, -0.1) is 0 Å². The Kier molecular flexibility index (Phi) is 9.17. The number of hydrogen-bond acceptors (Lipinski definition) is 4. The maximum absolute atomic E-state index is 12.9. The third kappa shape index (κ3) is 8.18. The maximum Gasteiger partial charge on any atom is 0.335 e. The molecule has 0 spiro atoms. The van der Waals surface area contributed by atoms with Gasteiger partial charge in [-0.3, -0.25) is 9.59 Å². The maximum atomic E-state index is 12.9. The third-order valence-electron chi connectivity index (χ3n) is 6.27. The van der Waals surface area contributed by atoms with E-state index in [-0.39, 0.29) is 34.3 Å². The molecule has 7 nitrogen and oxygen atoms in total. The van der Waals surface area contributed by atoms with Crippen LogP contribution in [-0.2, 0) is 15.6 Å². The van der Waals surface area contributed by atoms with Crippen LogP contribution in [0.3, 0.4) is 0 Å². The second-order valence-corrected chi connectivity index (χ2v) is 11.6. The van der Waals surface area contributed by atoms with Crippen LogP contribution in [0.1, 0.15) is 86.2 Å². The van der Waals surface area contributed by atoms with Gasteiger partial charge in [-0.05, 0) is 64.8 Å². The number of carbonyl (C=O) groups is 3. The second-order valence-electron chi connectivity index (χ2n) is 11.6. The molecule has 0 aliphatic heterocycles. The second kappa shape index (κ2) is 12.2. The summed E-state index contributed by atoms with van der Waals surface area (Å²) in [5.41, 5.74) is 3.39. The quantitative estimate of drug-likeness (QED) is 0.258. The summed E-state index contributed by atoms with van der Waals surface area (Å²) in [6.07, 6.45) is 0.730. The lowest BCUT2D eigenvalue weighted by Crippen LogP contribution is -2.19. The number of carboxylic acid groups (broad SMARTS) is 1. The molecule has 3 aromatic rings. The normalized spacial score (nSPS) is 11.5. The number of carboxylic acids is 1. The van der Waals surface area contributed by atoms with E-state index in [1.54, 1.807) is 36.4 Å². The lowest BCUT2D eigenvalue weighted by Gasteiger charge is -2.27. The minimum Gasteiger partial charge on any atom is -0.493 e. The number of anilines is 2. The van der Waals surface area contributed by atoms with Crippen molar-refractivity contribution >= 4 is 29.2 Å². The van der Waals surface area contributed by atoms with Gasteiger partial charge in [0.05, 0.1) is 23.4 Å². The summed E-state index contributed by atoms with van der Waals surface area (Å²) < 4.78 is 6.10. The standard InChI is InChI=1S/C32H38N2O5/c1-31(2,3)22-16-17-27(25(20-22)32(4,5)6)39-18-10-15-28(35)34-26-14-8-7-13-24(26)29(36)33-23-12-9-11-21(19-23)30(37)38/h7-9,11-14,16-17,19-20H,10,15,18H2,1-6H3,(H,33,36)(H,34,35)(H,37,38). The van der Waals surface area contributed by atoms with Crippen LogP contribution in [0, 0.1) is 0 Å². The van der Waals surface area contributed by atoms with Crippen molar-refractivity contribution in [2.24, 2.45) is 0 Å². The minimum atomic E-state index is -1.08. The van der Waals surface area contributed by atoms with E-state index >= 15 is 0 Å². The van der Waals surface area contributed by atoms with E-state index in [1.165, 1.54) is 17.7 Å². The van der Waals surface area contributed by atoms with Crippen molar-refractivity contribution in [1.29, 1.82) is 0 Å². The largest absolute Gasteiger partial charge is 0.493 e. The molecule has 2 amide bonds. The third-order valence-corrected chi connectivity index (χ3v) is 6.27. The predicted octanol–water partition coefficient (Wildman–Crippen LogP) is 7.03. The van der Waals surface area contributed by atoms with E-state index in [9.17, 15) is 19.5 Å². The smallest absolute Gasteiger partial charge is 0.335 e. The van der Waals surface area contributed by atoms with E-state index in [0.29, 0.717) is 24.4 Å². The van der Waals surface area contributed by atoms with Gasteiger partial charge >= 0.3 is 5.97 Å². The first-order valence-corrected chi connectivity index (χ1v) is 13.1. The number of rotatable bonds is 9. The number of carbonyl (C=O) groups excluding carboxylic acids is 2. The molecule has 0 saturated carbocycles. The van der Waals surface area contributed by atoms with Crippen molar-refractivity contribution in [2.75, 3.05) is 17.2 Å². The van der Waals surface area contributed by atoms with Crippen LogP contribution in [0.2, 0.25) is 0 Å². The van der Waals surface area contributed by atoms with Gasteiger partial charge in [-0.2, -0.15) is 0 Å². The van der Waals surface area contributed by atoms with E-state index in [1.807, 2.05) is 6.07 Å². The van der Waals surface area contributed by atoms with Crippen LogP contribution in [0.4, 0.5) is 11.4 Å². The molecule has 3 rings (SSSR count). The molecule has 0 aromatic heterocycles. The SMILES string of the molecule is CC(C)(C)c1ccc(OCCCC(=O)Nc2ccccc2C(=O)Nc2cccc(C(=O)O)c2)c(C(C)(C)C)c1. The lowest BCUT2D eigenvalue weighted by atomic mass is 9.80. The monoisotopic (exact) mass is 530 g/mol. The molecule has 0 aliphatic rings. The summed E-state index contributed by atoms with van der Waals surface area (Å²) in [7, 11) is 0. The summed E-state index contributed by atoms with van der Waals surface area (Å²) >= 11 is 0. The number of nitrogens with one attached hydrogen (secondary N) is 2.